The number of benzene rings is 1. The number of piperidine rings is 1. The molecule has 1 fully saturated rings. The third-order valence-corrected chi connectivity index (χ3v) is 5.04. The number of nitro benzene ring substituents is 1. The number of sulfonamides is 1. The SMILES string of the molecule is Cl.O=[N+]([O-])c1ccc(S(=O)(=O)NC2CCCNC2)c(Cl)c1. The summed E-state index contributed by atoms with van der Waals surface area (Å²) in [6, 6.07) is 3.12. The Labute approximate surface area is 133 Å². The first kappa shape index (κ1) is 18.1. The molecule has 1 aliphatic heterocycles. The molecule has 1 saturated heterocycles. The Bertz CT molecular complexity index is 618. The van der Waals surface area contributed by atoms with Gasteiger partial charge in [-0.05, 0) is 25.5 Å². The molecule has 1 aromatic rings. The minimum absolute atomic E-state index is 0. The van der Waals surface area contributed by atoms with Gasteiger partial charge in [-0.25, -0.2) is 13.1 Å². The lowest BCUT2D eigenvalue weighted by Gasteiger charge is -2.23. The van der Waals surface area contributed by atoms with Crippen molar-refractivity contribution in [2.24, 2.45) is 0 Å². The summed E-state index contributed by atoms with van der Waals surface area (Å²) >= 11 is 5.84. The van der Waals surface area contributed by atoms with Crippen LogP contribution in [0.5, 0.6) is 0 Å². The second-order valence-corrected chi connectivity index (χ2v) is 6.63. The Morgan fingerprint density at radius 3 is 2.67 bits per heavy atom. The third-order valence-electron chi connectivity index (χ3n) is 3.03. The largest absolute Gasteiger partial charge is 0.315 e. The molecule has 0 aromatic heterocycles. The van der Waals surface area contributed by atoms with Crippen molar-refractivity contribution in [3.63, 3.8) is 0 Å². The highest BCUT2D eigenvalue weighted by atomic mass is 35.5. The summed E-state index contributed by atoms with van der Waals surface area (Å²) in [5, 5.41) is 13.5. The van der Waals surface area contributed by atoms with Crippen LogP contribution in [0.4, 0.5) is 5.69 Å². The molecule has 1 heterocycles. The number of non-ortho nitro benzene ring substituents is 1. The number of hydrogen-bond acceptors (Lipinski definition) is 5. The van der Waals surface area contributed by atoms with Gasteiger partial charge in [0.15, 0.2) is 0 Å². The summed E-state index contributed by atoms with van der Waals surface area (Å²) in [6.07, 6.45) is 1.64. The average Bonchev–Trinajstić information content (AvgIpc) is 2.38. The maximum absolute atomic E-state index is 12.2. The smallest absolute Gasteiger partial charge is 0.271 e. The zero-order valence-electron chi connectivity index (χ0n) is 10.9. The van der Waals surface area contributed by atoms with E-state index in [0.29, 0.717) is 6.54 Å². The molecule has 0 bridgehead atoms. The first-order valence-corrected chi connectivity index (χ1v) is 7.93. The molecule has 2 rings (SSSR count). The molecule has 0 spiro atoms. The molecule has 0 saturated carbocycles. The number of hydrogen-bond donors (Lipinski definition) is 2. The van der Waals surface area contributed by atoms with Gasteiger partial charge in [0.2, 0.25) is 10.0 Å². The number of halogens is 2. The van der Waals surface area contributed by atoms with Crippen LogP contribution in [0.2, 0.25) is 5.02 Å². The van der Waals surface area contributed by atoms with Crippen LogP contribution in [0.15, 0.2) is 23.1 Å². The van der Waals surface area contributed by atoms with Crippen LogP contribution in [0, 0.1) is 10.1 Å². The first-order valence-electron chi connectivity index (χ1n) is 6.07. The number of nitrogens with zero attached hydrogens (tertiary/aromatic N) is 1. The van der Waals surface area contributed by atoms with Gasteiger partial charge in [-0.3, -0.25) is 10.1 Å². The summed E-state index contributed by atoms with van der Waals surface area (Å²) in [5.41, 5.74) is -0.242. The Morgan fingerprint density at radius 2 is 2.14 bits per heavy atom. The maximum atomic E-state index is 12.2. The van der Waals surface area contributed by atoms with Gasteiger partial charge in [0.25, 0.3) is 5.69 Å². The summed E-state index contributed by atoms with van der Waals surface area (Å²) in [6.45, 7) is 1.43. The van der Waals surface area contributed by atoms with Crippen molar-refractivity contribution in [2.45, 2.75) is 23.8 Å². The van der Waals surface area contributed by atoms with E-state index in [9.17, 15) is 18.5 Å². The maximum Gasteiger partial charge on any atom is 0.271 e. The third kappa shape index (κ3) is 4.52. The van der Waals surface area contributed by atoms with Gasteiger partial charge in [0, 0.05) is 24.7 Å². The molecule has 21 heavy (non-hydrogen) atoms. The fraction of sp³-hybridized carbons (Fsp3) is 0.455. The standard InChI is InChI=1S/C11H14ClN3O4S.ClH/c12-10-6-9(15(16)17)3-4-11(10)20(18,19)14-8-2-1-5-13-7-8;/h3-4,6,8,13-14H,1-2,5,7H2;1H. The van der Waals surface area contributed by atoms with E-state index in [1.54, 1.807) is 0 Å². The highest BCUT2D eigenvalue weighted by Gasteiger charge is 2.24. The molecular weight excluding hydrogens is 341 g/mol. The quantitative estimate of drug-likeness (QED) is 0.632. The van der Waals surface area contributed by atoms with E-state index in [1.165, 1.54) is 0 Å². The van der Waals surface area contributed by atoms with Crippen molar-refractivity contribution >= 4 is 39.7 Å². The van der Waals surface area contributed by atoms with E-state index in [0.717, 1.165) is 37.6 Å². The summed E-state index contributed by atoms with van der Waals surface area (Å²) < 4.78 is 27.0. The van der Waals surface area contributed by atoms with Crippen LogP contribution < -0.4 is 10.0 Å². The predicted octanol–water partition coefficient (Wildman–Crippen LogP) is 1.70. The van der Waals surface area contributed by atoms with Crippen LogP contribution >= 0.6 is 24.0 Å². The van der Waals surface area contributed by atoms with Crippen molar-refractivity contribution in [3.8, 4) is 0 Å². The molecule has 7 nitrogen and oxygen atoms in total. The van der Waals surface area contributed by atoms with Crippen molar-refractivity contribution in [1.29, 1.82) is 0 Å². The second kappa shape index (κ2) is 7.37. The van der Waals surface area contributed by atoms with Crippen LogP contribution in [-0.4, -0.2) is 32.5 Å². The van der Waals surface area contributed by atoms with Crippen molar-refractivity contribution in [3.05, 3.63) is 33.3 Å². The molecule has 0 amide bonds. The fourth-order valence-electron chi connectivity index (χ4n) is 2.06. The molecular formula is C11H15Cl2N3O4S. The molecule has 1 atom stereocenters. The molecule has 10 heteroatoms. The number of rotatable bonds is 4. The highest BCUT2D eigenvalue weighted by molar-refractivity contribution is 7.89. The fourth-order valence-corrected chi connectivity index (χ4v) is 3.87. The van der Waals surface area contributed by atoms with E-state index in [1.807, 2.05) is 0 Å². The Hall–Kier alpha value is -0.930. The Kier molecular flexibility index (Phi) is 6.36. The second-order valence-electron chi connectivity index (χ2n) is 4.54. The highest BCUT2D eigenvalue weighted by Crippen LogP contribution is 2.26. The van der Waals surface area contributed by atoms with Crippen LogP contribution in [-0.2, 0) is 10.0 Å². The molecule has 0 aliphatic carbocycles. The monoisotopic (exact) mass is 355 g/mol. The van der Waals surface area contributed by atoms with E-state index in [-0.39, 0.29) is 34.1 Å². The Morgan fingerprint density at radius 1 is 1.43 bits per heavy atom. The first-order chi connectivity index (χ1) is 9.40. The molecule has 0 radical (unpaired) electrons. The van der Waals surface area contributed by atoms with Crippen molar-refractivity contribution < 1.29 is 13.3 Å². The minimum Gasteiger partial charge on any atom is -0.315 e. The van der Waals surface area contributed by atoms with Gasteiger partial charge in [-0.2, -0.15) is 0 Å². The Balaban J connectivity index is 0.00000220. The van der Waals surface area contributed by atoms with Crippen LogP contribution in [0.25, 0.3) is 0 Å². The van der Waals surface area contributed by atoms with E-state index >= 15 is 0 Å². The molecule has 1 aliphatic rings. The van der Waals surface area contributed by atoms with Crippen LogP contribution in [0.3, 0.4) is 0 Å². The number of nitro groups is 1. The summed E-state index contributed by atoms with van der Waals surface area (Å²) in [5.74, 6) is 0. The predicted molar refractivity (Wildman–Crippen MR) is 81.6 cm³/mol. The van der Waals surface area contributed by atoms with Gasteiger partial charge in [0.05, 0.1) is 9.95 Å². The summed E-state index contributed by atoms with van der Waals surface area (Å²) in [7, 11) is -3.78. The van der Waals surface area contributed by atoms with E-state index in [4.69, 9.17) is 11.6 Å². The lowest BCUT2D eigenvalue weighted by Crippen LogP contribution is -2.45. The zero-order chi connectivity index (χ0) is 14.8. The molecule has 1 unspecified atom stereocenters. The molecule has 2 N–H and O–H groups in total. The van der Waals surface area contributed by atoms with Gasteiger partial charge in [-0.1, -0.05) is 11.6 Å². The van der Waals surface area contributed by atoms with Crippen LogP contribution in [0.1, 0.15) is 12.8 Å². The average molecular weight is 356 g/mol. The lowest BCUT2D eigenvalue weighted by molar-refractivity contribution is -0.384. The van der Waals surface area contributed by atoms with E-state index in [2.05, 4.69) is 10.0 Å². The van der Waals surface area contributed by atoms with E-state index < -0.39 is 14.9 Å². The molecule has 1 aromatic carbocycles. The van der Waals surface area contributed by atoms with Gasteiger partial charge in [-0.15, -0.1) is 12.4 Å². The van der Waals surface area contributed by atoms with Gasteiger partial charge in [0.1, 0.15) is 4.90 Å². The normalized spacial score (nSPS) is 18.8. The lowest BCUT2D eigenvalue weighted by atomic mass is 10.1. The topological polar surface area (TPSA) is 101 Å². The van der Waals surface area contributed by atoms with Crippen molar-refractivity contribution in [2.75, 3.05) is 13.1 Å². The minimum atomic E-state index is -3.78. The molecule has 118 valence electrons. The van der Waals surface area contributed by atoms with Crippen molar-refractivity contribution in [1.82, 2.24) is 10.0 Å². The number of nitrogens with one attached hydrogen (secondary N) is 2. The van der Waals surface area contributed by atoms with Gasteiger partial charge >= 0.3 is 0 Å². The zero-order valence-corrected chi connectivity index (χ0v) is 13.3. The summed E-state index contributed by atoms with van der Waals surface area (Å²) in [4.78, 5) is 9.84. The van der Waals surface area contributed by atoms with Gasteiger partial charge < -0.3 is 5.32 Å².